The summed E-state index contributed by atoms with van der Waals surface area (Å²) in [5.41, 5.74) is -0.620. The van der Waals surface area contributed by atoms with Crippen molar-refractivity contribution < 1.29 is 32.0 Å². The molecule has 0 aliphatic carbocycles. The predicted molar refractivity (Wildman–Crippen MR) is 138 cm³/mol. The van der Waals surface area contributed by atoms with Crippen molar-refractivity contribution in [1.82, 2.24) is 15.0 Å². The summed E-state index contributed by atoms with van der Waals surface area (Å²) in [6.07, 6.45) is -0.479. The summed E-state index contributed by atoms with van der Waals surface area (Å²) in [6, 6.07) is 10.6. The van der Waals surface area contributed by atoms with Gasteiger partial charge in [0.15, 0.2) is 0 Å². The molecule has 0 bridgehead atoms. The number of halogens is 4. The molecule has 2 heterocycles. The molecule has 0 unspecified atom stereocenters. The lowest BCUT2D eigenvalue weighted by Gasteiger charge is -2.26. The van der Waals surface area contributed by atoms with Gasteiger partial charge in [-0.25, -0.2) is 4.79 Å². The topological polar surface area (TPSA) is 77.7 Å². The molecular formula is C27H27BrF3N3O4. The Hall–Kier alpha value is -3.34. The van der Waals surface area contributed by atoms with Crippen molar-refractivity contribution in [1.29, 1.82) is 0 Å². The van der Waals surface area contributed by atoms with Gasteiger partial charge in [0.2, 0.25) is 11.7 Å². The van der Waals surface area contributed by atoms with E-state index in [9.17, 15) is 18.0 Å². The van der Waals surface area contributed by atoms with Crippen molar-refractivity contribution in [2.75, 3.05) is 13.2 Å². The van der Waals surface area contributed by atoms with E-state index in [0.29, 0.717) is 19.4 Å². The van der Waals surface area contributed by atoms with Gasteiger partial charge in [-0.1, -0.05) is 39.3 Å². The highest BCUT2D eigenvalue weighted by molar-refractivity contribution is 9.10. The summed E-state index contributed by atoms with van der Waals surface area (Å²) in [7, 11) is 0. The Morgan fingerprint density at radius 3 is 2.71 bits per heavy atom. The first kappa shape index (κ1) is 27.7. The highest BCUT2D eigenvalue weighted by Crippen LogP contribution is 2.39. The molecule has 0 radical (unpaired) electrons. The number of benzene rings is 2. The molecule has 1 fully saturated rings. The highest BCUT2D eigenvalue weighted by atomic mass is 79.9. The lowest BCUT2D eigenvalue weighted by molar-refractivity contribution is -0.138. The third kappa shape index (κ3) is 6.94. The maximum absolute atomic E-state index is 13.9. The van der Waals surface area contributed by atoms with Crippen molar-refractivity contribution in [3.63, 3.8) is 0 Å². The summed E-state index contributed by atoms with van der Waals surface area (Å²) in [4.78, 5) is 18.4. The normalized spacial score (nSPS) is 16.3. The molecule has 1 amide bonds. The van der Waals surface area contributed by atoms with Crippen LogP contribution in [-0.4, -0.2) is 39.9 Å². The fraction of sp³-hybridized carbons (Fsp3) is 0.370. The second-order valence-electron chi connectivity index (χ2n) is 9.77. The minimum absolute atomic E-state index is 0.0114. The first-order chi connectivity index (χ1) is 17.9. The predicted octanol–water partition coefficient (Wildman–Crippen LogP) is 7.68. The van der Waals surface area contributed by atoms with Crippen LogP contribution in [0.2, 0.25) is 0 Å². The van der Waals surface area contributed by atoms with Gasteiger partial charge in [0.1, 0.15) is 24.0 Å². The van der Waals surface area contributed by atoms with Gasteiger partial charge in [0.25, 0.3) is 0 Å². The molecule has 2 aromatic carbocycles. The van der Waals surface area contributed by atoms with Crippen LogP contribution in [0.5, 0.6) is 5.75 Å². The standard InChI is InChI=1S/C27H27BrF3N3O4/c1-26(2,3)37-25(35)34-13-5-10-21(34)24-32-23(33-38-24)18-11-12-22(20(16-18)27(29,30)31)36-14-6-8-17-7-4-9-19(28)15-17/h4,6-9,11-12,15-16,21H,5,10,13-14H2,1-3H3/b8-6+/t21-/m0/s1. The second-order valence-corrected chi connectivity index (χ2v) is 10.7. The molecule has 7 nitrogen and oxygen atoms in total. The van der Waals surface area contributed by atoms with Crippen LogP contribution in [0.1, 0.15) is 56.7 Å². The number of ether oxygens (including phenoxy) is 2. The number of carbonyl (C=O) groups is 1. The highest BCUT2D eigenvalue weighted by Gasteiger charge is 2.38. The lowest BCUT2D eigenvalue weighted by atomic mass is 10.1. The molecule has 202 valence electrons. The number of carbonyl (C=O) groups excluding carboxylic acids is 1. The quantitative estimate of drug-likeness (QED) is 0.291. The zero-order valence-electron chi connectivity index (χ0n) is 21.1. The number of likely N-dealkylation sites (tertiary alicyclic amines) is 1. The third-order valence-electron chi connectivity index (χ3n) is 5.64. The Kier molecular flexibility index (Phi) is 8.15. The lowest BCUT2D eigenvalue weighted by Crippen LogP contribution is -2.36. The summed E-state index contributed by atoms with van der Waals surface area (Å²) in [6.45, 7) is 5.71. The maximum atomic E-state index is 13.9. The Balaban J connectivity index is 1.50. The number of alkyl halides is 3. The van der Waals surface area contributed by atoms with Gasteiger partial charge in [-0.3, -0.25) is 4.90 Å². The van der Waals surface area contributed by atoms with Crippen molar-refractivity contribution in [3.8, 4) is 17.1 Å². The zero-order chi connectivity index (χ0) is 27.5. The fourth-order valence-electron chi connectivity index (χ4n) is 4.00. The SMILES string of the molecule is CC(C)(C)OC(=O)N1CCC[C@H]1c1nc(-c2ccc(OC/C=C/c3cccc(Br)c3)c(C(F)(F)F)c2)no1. The van der Waals surface area contributed by atoms with Crippen LogP contribution in [0.4, 0.5) is 18.0 Å². The van der Waals surface area contributed by atoms with Crippen LogP contribution in [0.15, 0.2) is 57.5 Å². The molecule has 4 rings (SSSR count). The number of rotatable bonds is 6. The van der Waals surface area contributed by atoms with Crippen LogP contribution in [-0.2, 0) is 10.9 Å². The molecule has 0 saturated carbocycles. The average Bonchev–Trinajstić information content (AvgIpc) is 3.50. The van der Waals surface area contributed by atoms with Crippen LogP contribution in [0, 0.1) is 0 Å². The molecule has 3 aromatic rings. The first-order valence-corrected chi connectivity index (χ1v) is 12.8. The summed E-state index contributed by atoms with van der Waals surface area (Å²) in [5.74, 6) is -0.173. The van der Waals surface area contributed by atoms with Crippen LogP contribution in [0.25, 0.3) is 17.5 Å². The zero-order valence-corrected chi connectivity index (χ0v) is 22.7. The molecule has 1 atom stereocenters. The van der Waals surface area contributed by atoms with E-state index in [1.165, 1.54) is 17.0 Å². The van der Waals surface area contributed by atoms with E-state index in [-0.39, 0.29) is 29.6 Å². The molecule has 1 aliphatic heterocycles. The van der Waals surface area contributed by atoms with E-state index in [1.54, 1.807) is 32.9 Å². The maximum Gasteiger partial charge on any atom is 0.419 e. The Bertz CT molecular complexity index is 1320. The number of hydrogen-bond acceptors (Lipinski definition) is 6. The van der Waals surface area contributed by atoms with E-state index in [0.717, 1.165) is 16.1 Å². The van der Waals surface area contributed by atoms with E-state index in [2.05, 4.69) is 26.1 Å². The largest absolute Gasteiger partial charge is 0.489 e. The van der Waals surface area contributed by atoms with E-state index < -0.39 is 29.5 Å². The van der Waals surface area contributed by atoms with Crippen LogP contribution < -0.4 is 4.74 Å². The molecule has 1 aliphatic rings. The van der Waals surface area contributed by atoms with Gasteiger partial charge in [0, 0.05) is 16.6 Å². The fourth-order valence-corrected chi connectivity index (χ4v) is 4.42. The minimum atomic E-state index is -4.66. The second kappa shape index (κ2) is 11.2. The van der Waals surface area contributed by atoms with Crippen LogP contribution >= 0.6 is 15.9 Å². The Morgan fingerprint density at radius 1 is 1.21 bits per heavy atom. The average molecular weight is 594 g/mol. The van der Waals surface area contributed by atoms with E-state index in [4.69, 9.17) is 14.0 Å². The summed E-state index contributed by atoms with van der Waals surface area (Å²) >= 11 is 3.38. The summed E-state index contributed by atoms with van der Waals surface area (Å²) in [5, 5.41) is 3.88. The van der Waals surface area contributed by atoms with Gasteiger partial charge in [-0.15, -0.1) is 0 Å². The number of aromatic nitrogens is 2. The van der Waals surface area contributed by atoms with Gasteiger partial charge < -0.3 is 14.0 Å². The molecule has 38 heavy (non-hydrogen) atoms. The van der Waals surface area contributed by atoms with Gasteiger partial charge in [0.05, 0.1) is 5.56 Å². The van der Waals surface area contributed by atoms with Crippen molar-refractivity contribution in [2.45, 2.75) is 51.4 Å². The smallest absolute Gasteiger partial charge is 0.419 e. The van der Waals surface area contributed by atoms with Gasteiger partial charge in [-0.2, -0.15) is 18.2 Å². The van der Waals surface area contributed by atoms with Crippen molar-refractivity contribution >= 4 is 28.1 Å². The molecule has 0 spiro atoms. The Labute approximate surface area is 226 Å². The number of nitrogens with zero attached hydrogens (tertiary/aromatic N) is 3. The monoisotopic (exact) mass is 593 g/mol. The van der Waals surface area contributed by atoms with Crippen LogP contribution in [0.3, 0.4) is 0 Å². The molecule has 11 heteroatoms. The van der Waals surface area contributed by atoms with E-state index in [1.807, 2.05) is 24.3 Å². The summed E-state index contributed by atoms with van der Waals surface area (Å²) < 4.78 is 58.7. The molecule has 0 N–H and O–H groups in total. The van der Waals surface area contributed by atoms with E-state index >= 15 is 0 Å². The minimum Gasteiger partial charge on any atom is -0.489 e. The molecular weight excluding hydrogens is 567 g/mol. The van der Waals surface area contributed by atoms with Gasteiger partial charge in [-0.05, 0) is 75.6 Å². The van der Waals surface area contributed by atoms with Crippen molar-refractivity contribution in [2.24, 2.45) is 0 Å². The molecule has 1 saturated heterocycles. The number of amides is 1. The number of hydrogen-bond donors (Lipinski definition) is 0. The van der Waals surface area contributed by atoms with Crippen molar-refractivity contribution in [3.05, 3.63) is 70.0 Å². The van der Waals surface area contributed by atoms with Gasteiger partial charge >= 0.3 is 12.3 Å². The molecule has 1 aromatic heterocycles. The Morgan fingerprint density at radius 2 is 2.00 bits per heavy atom. The third-order valence-corrected chi connectivity index (χ3v) is 6.14. The first-order valence-electron chi connectivity index (χ1n) is 12.0.